The van der Waals surface area contributed by atoms with Gasteiger partial charge in [-0.05, 0) is 36.8 Å². The summed E-state index contributed by atoms with van der Waals surface area (Å²) < 4.78 is 18.8. The number of halogens is 1. The fourth-order valence-electron chi connectivity index (χ4n) is 2.05. The van der Waals surface area contributed by atoms with Crippen LogP contribution in [0.25, 0.3) is 10.9 Å². The zero-order valence-corrected chi connectivity index (χ0v) is 11.2. The molecule has 21 heavy (non-hydrogen) atoms. The molecule has 0 saturated heterocycles. The zero-order chi connectivity index (χ0) is 15.0. The van der Waals surface area contributed by atoms with Crippen molar-refractivity contribution in [3.05, 3.63) is 58.4 Å². The summed E-state index contributed by atoms with van der Waals surface area (Å²) >= 11 is 0. The number of hydrogen-bond donors (Lipinski definition) is 2. The predicted octanol–water partition coefficient (Wildman–Crippen LogP) is 2.75. The molecule has 0 radical (unpaired) electrons. The van der Waals surface area contributed by atoms with Crippen LogP contribution in [-0.2, 0) is 0 Å². The van der Waals surface area contributed by atoms with Crippen LogP contribution in [0.1, 0.15) is 5.56 Å². The molecule has 3 rings (SSSR count). The lowest BCUT2D eigenvalue weighted by Crippen LogP contribution is -2.07. The summed E-state index contributed by atoms with van der Waals surface area (Å²) in [5.74, 6) is 0.530. The molecule has 0 atom stereocenters. The first-order valence-corrected chi connectivity index (χ1v) is 6.25. The smallest absolute Gasteiger partial charge is 0.258 e. The normalized spacial score (nSPS) is 10.8. The number of hydrogen-bond acceptors (Lipinski definition) is 4. The van der Waals surface area contributed by atoms with Crippen molar-refractivity contribution >= 4 is 16.6 Å². The lowest BCUT2D eigenvalue weighted by Gasteiger charge is -2.11. The Bertz CT molecular complexity index is 890. The van der Waals surface area contributed by atoms with E-state index in [2.05, 4.69) is 9.97 Å². The number of fused-ring (bicyclic) bond motifs is 1. The van der Waals surface area contributed by atoms with Crippen molar-refractivity contribution in [2.75, 3.05) is 5.73 Å². The highest BCUT2D eigenvalue weighted by molar-refractivity contribution is 5.84. The van der Waals surface area contributed by atoms with E-state index in [0.717, 1.165) is 0 Å². The van der Waals surface area contributed by atoms with Crippen LogP contribution in [0.15, 0.2) is 41.5 Å². The number of aryl methyl sites for hydroxylation is 1. The van der Waals surface area contributed by atoms with Crippen LogP contribution in [-0.4, -0.2) is 9.97 Å². The summed E-state index contributed by atoms with van der Waals surface area (Å²) in [6.45, 7) is 1.73. The Hall–Kier alpha value is -2.89. The van der Waals surface area contributed by atoms with Crippen LogP contribution in [0.5, 0.6) is 11.5 Å². The summed E-state index contributed by atoms with van der Waals surface area (Å²) in [5.41, 5.74) is 7.07. The summed E-state index contributed by atoms with van der Waals surface area (Å²) in [6, 6.07) is 7.30. The number of nitrogen functional groups attached to an aromatic ring is 1. The highest BCUT2D eigenvalue weighted by Crippen LogP contribution is 2.31. The number of anilines is 1. The Balaban J connectivity index is 2.08. The van der Waals surface area contributed by atoms with Crippen LogP contribution < -0.4 is 16.0 Å². The molecule has 0 spiro atoms. The molecular weight excluding hydrogens is 273 g/mol. The van der Waals surface area contributed by atoms with Gasteiger partial charge in [0, 0.05) is 6.07 Å². The van der Waals surface area contributed by atoms with E-state index >= 15 is 0 Å². The number of nitrogens with one attached hydrogen (secondary N) is 1. The molecule has 0 unspecified atom stereocenters. The highest BCUT2D eigenvalue weighted by atomic mass is 19.1. The Morgan fingerprint density at radius 3 is 2.81 bits per heavy atom. The van der Waals surface area contributed by atoms with Gasteiger partial charge in [-0.2, -0.15) is 0 Å². The summed E-state index contributed by atoms with van der Waals surface area (Å²) in [5, 5.41) is 0.387. The van der Waals surface area contributed by atoms with Gasteiger partial charge in [0.2, 0.25) is 0 Å². The Kier molecular flexibility index (Phi) is 3.06. The highest BCUT2D eigenvalue weighted by Gasteiger charge is 2.09. The van der Waals surface area contributed by atoms with Gasteiger partial charge in [0.05, 0.1) is 22.9 Å². The third-order valence-electron chi connectivity index (χ3n) is 3.13. The number of aromatic nitrogens is 2. The molecule has 0 aliphatic rings. The number of benzene rings is 2. The van der Waals surface area contributed by atoms with Gasteiger partial charge in [-0.3, -0.25) is 4.79 Å². The molecule has 1 aromatic heterocycles. The first kappa shape index (κ1) is 13.1. The molecule has 0 bridgehead atoms. The second kappa shape index (κ2) is 4.90. The maximum absolute atomic E-state index is 13.1. The maximum Gasteiger partial charge on any atom is 0.258 e. The molecule has 0 aliphatic heterocycles. The fourth-order valence-corrected chi connectivity index (χ4v) is 2.05. The lowest BCUT2D eigenvalue weighted by atomic mass is 10.2. The largest absolute Gasteiger partial charge is 0.455 e. The average Bonchev–Trinajstić information content (AvgIpc) is 2.44. The predicted molar refractivity (Wildman–Crippen MR) is 78.0 cm³/mol. The molecule has 0 aliphatic carbocycles. The third-order valence-corrected chi connectivity index (χ3v) is 3.13. The van der Waals surface area contributed by atoms with Gasteiger partial charge in [-0.15, -0.1) is 0 Å². The minimum Gasteiger partial charge on any atom is -0.455 e. The van der Waals surface area contributed by atoms with Crippen molar-refractivity contribution in [2.45, 2.75) is 6.92 Å². The van der Waals surface area contributed by atoms with E-state index in [0.29, 0.717) is 33.7 Å². The van der Waals surface area contributed by atoms with E-state index in [1.54, 1.807) is 13.0 Å². The summed E-state index contributed by atoms with van der Waals surface area (Å²) in [6.07, 6.45) is 1.31. The molecule has 0 amide bonds. The van der Waals surface area contributed by atoms with Gasteiger partial charge in [0.15, 0.2) is 5.75 Å². The van der Waals surface area contributed by atoms with Crippen molar-refractivity contribution in [1.82, 2.24) is 9.97 Å². The summed E-state index contributed by atoms with van der Waals surface area (Å²) in [4.78, 5) is 18.2. The first-order chi connectivity index (χ1) is 10.0. The van der Waals surface area contributed by atoms with Gasteiger partial charge < -0.3 is 15.5 Å². The van der Waals surface area contributed by atoms with E-state index < -0.39 is 0 Å². The number of H-pyrrole nitrogens is 1. The number of aromatic amines is 1. The molecule has 2 aromatic carbocycles. The lowest BCUT2D eigenvalue weighted by molar-refractivity contribution is 0.479. The van der Waals surface area contributed by atoms with Gasteiger partial charge in [-0.1, -0.05) is 0 Å². The molecule has 3 N–H and O–H groups in total. The van der Waals surface area contributed by atoms with Crippen molar-refractivity contribution < 1.29 is 9.13 Å². The van der Waals surface area contributed by atoms with E-state index in [1.807, 2.05) is 0 Å². The van der Waals surface area contributed by atoms with E-state index in [-0.39, 0.29) is 11.4 Å². The number of nitrogens with zero attached hydrogens (tertiary/aromatic N) is 1. The van der Waals surface area contributed by atoms with Crippen LogP contribution in [0.4, 0.5) is 10.1 Å². The Morgan fingerprint density at radius 2 is 2.05 bits per heavy atom. The third kappa shape index (κ3) is 2.43. The van der Waals surface area contributed by atoms with Gasteiger partial charge >= 0.3 is 0 Å². The Labute approximate surface area is 119 Å². The second-order valence-electron chi connectivity index (χ2n) is 4.65. The molecule has 5 nitrogen and oxygen atoms in total. The maximum atomic E-state index is 13.1. The topological polar surface area (TPSA) is 81.0 Å². The first-order valence-electron chi connectivity index (χ1n) is 6.25. The summed E-state index contributed by atoms with van der Waals surface area (Å²) in [7, 11) is 0. The van der Waals surface area contributed by atoms with Crippen LogP contribution in [0, 0.1) is 12.7 Å². The van der Waals surface area contributed by atoms with Crippen LogP contribution in [0.2, 0.25) is 0 Å². The van der Waals surface area contributed by atoms with Crippen molar-refractivity contribution in [3.8, 4) is 11.5 Å². The molecule has 1 heterocycles. The molecule has 0 saturated carbocycles. The molecule has 6 heteroatoms. The average molecular weight is 285 g/mol. The molecular formula is C15H12FN3O2. The molecule has 0 fully saturated rings. The monoisotopic (exact) mass is 285 g/mol. The van der Waals surface area contributed by atoms with Crippen molar-refractivity contribution in [3.63, 3.8) is 0 Å². The minimum absolute atomic E-state index is 0.267. The quantitative estimate of drug-likeness (QED) is 0.709. The molecule has 3 aromatic rings. The van der Waals surface area contributed by atoms with E-state index in [1.165, 1.54) is 30.6 Å². The second-order valence-corrected chi connectivity index (χ2v) is 4.65. The van der Waals surface area contributed by atoms with Gasteiger partial charge in [-0.25, -0.2) is 9.37 Å². The number of nitrogens with two attached hydrogens (primary N) is 1. The fraction of sp³-hybridized carbons (Fsp3) is 0.0667. The molecule has 106 valence electrons. The van der Waals surface area contributed by atoms with Crippen molar-refractivity contribution in [2.24, 2.45) is 0 Å². The number of ether oxygens (including phenoxy) is 1. The van der Waals surface area contributed by atoms with Crippen LogP contribution >= 0.6 is 0 Å². The van der Waals surface area contributed by atoms with Crippen LogP contribution in [0.3, 0.4) is 0 Å². The van der Waals surface area contributed by atoms with Crippen molar-refractivity contribution in [1.29, 1.82) is 0 Å². The van der Waals surface area contributed by atoms with Gasteiger partial charge in [0.1, 0.15) is 11.6 Å². The minimum atomic E-state index is -0.334. The van der Waals surface area contributed by atoms with E-state index in [9.17, 15) is 9.18 Å². The standard InChI is InChI=1S/C15H12FN3O2/c1-8-4-9(16)2-3-13(8)21-14-6-12-10(5-11(14)17)15(20)19-7-18-12/h2-7H,17H2,1H3,(H,18,19,20). The SMILES string of the molecule is Cc1cc(F)ccc1Oc1cc2nc[nH]c(=O)c2cc1N. The van der Waals surface area contributed by atoms with E-state index in [4.69, 9.17) is 10.5 Å². The zero-order valence-electron chi connectivity index (χ0n) is 11.2. The Morgan fingerprint density at radius 1 is 1.24 bits per heavy atom. The van der Waals surface area contributed by atoms with Gasteiger partial charge in [0.25, 0.3) is 5.56 Å². The number of rotatable bonds is 2.